The highest BCUT2D eigenvalue weighted by molar-refractivity contribution is 6.05. The Bertz CT molecular complexity index is 1470. The van der Waals surface area contributed by atoms with Gasteiger partial charge in [0.2, 0.25) is 0 Å². The Hall–Kier alpha value is -3.79. The molecule has 2 aliphatic rings. The van der Waals surface area contributed by atoms with E-state index in [0.29, 0.717) is 5.56 Å². The quantitative estimate of drug-likeness (QED) is 0.413. The topological polar surface area (TPSA) is 78.8 Å². The summed E-state index contributed by atoms with van der Waals surface area (Å²) in [5, 5.41) is 9.84. The van der Waals surface area contributed by atoms with E-state index in [4.69, 9.17) is 4.74 Å². The molecule has 2 fully saturated rings. The van der Waals surface area contributed by atoms with Gasteiger partial charge in [-0.3, -0.25) is 14.4 Å². The minimum absolute atomic E-state index is 0.136. The van der Waals surface area contributed by atoms with Crippen molar-refractivity contribution in [2.75, 3.05) is 69.7 Å². The third-order valence-electron chi connectivity index (χ3n) is 7.78. The average Bonchev–Trinajstić information content (AvgIpc) is 3.33. The molecule has 39 heavy (non-hydrogen) atoms. The van der Waals surface area contributed by atoms with Crippen LogP contribution >= 0.6 is 0 Å². The SMILES string of the molecule is CN1CCN(c2cc(C(=O)Nc3ccc4ccc(-c5cnn(C)c5CN5CCOCC5)cc4c3)ccn2)CC1. The molecule has 202 valence electrons. The van der Waals surface area contributed by atoms with Crippen LogP contribution in [0.1, 0.15) is 16.1 Å². The zero-order valence-corrected chi connectivity index (χ0v) is 22.6. The summed E-state index contributed by atoms with van der Waals surface area (Å²) in [7, 11) is 4.13. The number of ether oxygens (including phenoxy) is 1. The molecular weight excluding hydrogens is 490 g/mol. The summed E-state index contributed by atoms with van der Waals surface area (Å²) >= 11 is 0. The van der Waals surface area contributed by atoms with Gasteiger partial charge in [-0.15, -0.1) is 0 Å². The van der Waals surface area contributed by atoms with Gasteiger partial charge in [-0.05, 0) is 53.7 Å². The first kappa shape index (κ1) is 25.5. The molecule has 2 aromatic heterocycles. The molecule has 0 aliphatic carbocycles. The van der Waals surface area contributed by atoms with Gasteiger partial charge in [-0.25, -0.2) is 4.98 Å². The second-order valence-corrected chi connectivity index (χ2v) is 10.4. The molecule has 2 aliphatic heterocycles. The first-order chi connectivity index (χ1) is 19.0. The Morgan fingerprint density at radius 3 is 2.54 bits per heavy atom. The number of aryl methyl sites for hydroxylation is 1. The number of carbonyl (C=O) groups is 1. The van der Waals surface area contributed by atoms with Crippen molar-refractivity contribution >= 4 is 28.2 Å². The molecule has 6 rings (SSSR count). The highest BCUT2D eigenvalue weighted by atomic mass is 16.5. The van der Waals surface area contributed by atoms with Gasteiger partial charge in [-0.2, -0.15) is 5.10 Å². The lowest BCUT2D eigenvalue weighted by molar-refractivity contribution is 0.0332. The number of aromatic nitrogens is 3. The summed E-state index contributed by atoms with van der Waals surface area (Å²) in [6.07, 6.45) is 3.67. The first-order valence-electron chi connectivity index (χ1n) is 13.6. The maximum Gasteiger partial charge on any atom is 0.255 e. The van der Waals surface area contributed by atoms with Crippen molar-refractivity contribution in [3.05, 3.63) is 72.2 Å². The zero-order chi connectivity index (χ0) is 26.8. The van der Waals surface area contributed by atoms with Crippen LogP contribution in [-0.4, -0.2) is 90.0 Å². The van der Waals surface area contributed by atoms with Gasteiger partial charge in [0.15, 0.2) is 0 Å². The number of rotatable bonds is 6. The lowest BCUT2D eigenvalue weighted by Crippen LogP contribution is -2.44. The minimum Gasteiger partial charge on any atom is -0.379 e. The lowest BCUT2D eigenvalue weighted by atomic mass is 10.0. The first-order valence-corrected chi connectivity index (χ1v) is 13.6. The summed E-state index contributed by atoms with van der Waals surface area (Å²) in [6.45, 7) is 8.04. The van der Waals surface area contributed by atoms with E-state index in [1.807, 2.05) is 36.1 Å². The van der Waals surface area contributed by atoms with E-state index in [2.05, 4.69) is 61.4 Å². The predicted octanol–water partition coefficient (Wildman–Crippen LogP) is 3.47. The van der Waals surface area contributed by atoms with E-state index in [-0.39, 0.29) is 5.91 Å². The summed E-state index contributed by atoms with van der Waals surface area (Å²) in [4.78, 5) is 24.6. The van der Waals surface area contributed by atoms with Crippen LogP contribution in [0.15, 0.2) is 60.9 Å². The highest BCUT2D eigenvalue weighted by Gasteiger charge is 2.19. The number of hydrogen-bond donors (Lipinski definition) is 1. The fourth-order valence-corrected chi connectivity index (χ4v) is 5.33. The average molecular weight is 526 g/mol. The van der Waals surface area contributed by atoms with Crippen LogP contribution in [0.25, 0.3) is 21.9 Å². The molecule has 9 nitrogen and oxygen atoms in total. The van der Waals surface area contributed by atoms with Gasteiger partial charge in [0.05, 0.1) is 25.1 Å². The molecule has 2 saturated heterocycles. The second-order valence-electron chi connectivity index (χ2n) is 10.4. The molecule has 4 aromatic rings. The van der Waals surface area contributed by atoms with E-state index in [1.165, 1.54) is 5.69 Å². The summed E-state index contributed by atoms with van der Waals surface area (Å²) in [5.41, 5.74) is 4.81. The number of pyridine rings is 1. The van der Waals surface area contributed by atoms with Crippen molar-refractivity contribution in [2.45, 2.75) is 6.54 Å². The monoisotopic (exact) mass is 525 g/mol. The van der Waals surface area contributed by atoms with Crippen LogP contribution in [0.5, 0.6) is 0 Å². The van der Waals surface area contributed by atoms with Crippen LogP contribution in [0.3, 0.4) is 0 Å². The lowest BCUT2D eigenvalue weighted by Gasteiger charge is -2.33. The number of benzene rings is 2. The second kappa shape index (κ2) is 11.1. The molecule has 0 bridgehead atoms. The smallest absolute Gasteiger partial charge is 0.255 e. The number of nitrogens with one attached hydrogen (secondary N) is 1. The molecule has 1 N–H and O–H groups in total. The van der Waals surface area contributed by atoms with Crippen LogP contribution in [0, 0.1) is 0 Å². The number of likely N-dealkylation sites (N-methyl/N-ethyl adjacent to an activating group) is 1. The number of hydrogen-bond acceptors (Lipinski definition) is 7. The fourth-order valence-electron chi connectivity index (χ4n) is 5.33. The molecule has 2 aromatic carbocycles. The Labute approximate surface area is 229 Å². The Balaban J connectivity index is 1.21. The van der Waals surface area contributed by atoms with Crippen molar-refractivity contribution in [1.82, 2.24) is 24.6 Å². The third kappa shape index (κ3) is 5.66. The van der Waals surface area contributed by atoms with Crippen molar-refractivity contribution in [2.24, 2.45) is 7.05 Å². The summed E-state index contributed by atoms with van der Waals surface area (Å²) in [6, 6.07) is 16.2. The van der Waals surface area contributed by atoms with E-state index in [9.17, 15) is 4.79 Å². The Kier molecular flexibility index (Phi) is 7.28. The normalized spacial score (nSPS) is 17.0. The fraction of sp³-hybridized carbons (Fsp3) is 0.367. The van der Waals surface area contributed by atoms with Gasteiger partial charge in [0.25, 0.3) is 5.91 Å². The highest BCUT2D eigenvalue weighted by Crippen LogP contribution is 2.29. The van der Waals surface area contributed by atoms with Crippen molar-refractivity contribution in [3.63, 3.8) is 0 Å². The molecule has 9 heteroatoms. The molecular formula is C30H35N7O2. The molecule has 0 saturated carbocycles. The molecule has 0 spiro atoms. The number of morpholine rings is 1. The van der Waals surface area contributed by atoms with E-state index in [0.717, 1.165) is 92.4 Å². The van der Waals surface area contributed by atoms with Gasteiger partial charge < -0.3 is 19.9 Å². The number of anilines is 2. The van der Waals surface area contributed by atoms with Crippen LogP contribution in [-0.2, 0) is 18.3 Å². The van der Waals surface area contributed by atoms with Gasteiger partial charge >= 0.3 is 0 Å². The largest absolute Gasteiger partial charge is 0.379 e. The molecule has 0 unspecified atom stereocenters. The molecule has 0 atom stereocenters. The number of carbonyl (C=O) groups excluding carboxylic acids is 1. The van der Waals surface area contributed by atoms with Gasteiger partial charge in [-0.1, -0.05) is 18.2 Å². The zero-order valence-electron chi connectivity index (χ0n) is 22.6. The van der Waals surface area contributed by atoms with E-state index < -0.39 is 0 Å². The summed E-state index contributed by atoms with van der Waals surface area (Å²) < 4.78 is 7.48. The van der Waals surface area contributed by atoms with Gasteiger partial charge in [0, 0.05) is 75.9 Å². The van der Waals surface area contributed by atoms with Crippen LogP contribution < -0.4 is 10.2 Å². The number of nitrogens with zero attached hydrogens (tertiary/aromatic N) is 6. The third-order valence-corrected chi connectivity index (χ3v) is 7.78. The molecule has 1 amide bonds. The minimum atomic E-state index is -0.136. The van der Waals surface area contributed by atoms with Crippen molar-refractivity contribution in [3.8, 4) is 11.1 Å². The Morgan fingerprint density at radius 1 is 0.923 bits per heavy atom. The van der Waals surface area contributed by atoms with Crippen LogP contribution in [0.4, 0.5) is 11.5 Å². The number of fused-ring (bicyclic) bond motifs is 1. The molecule has 4 heterocycles. The van der Waals surface area contributed by atoms with Crippen molar-refractivity contribution in [1.29, 1.82) is 0 Å². The Morgan fingerprint density at radius 2 is 1.72 bits per heavy atom. The maximum atomic E-state index is 13.2. The van der Waals surface area contributed by atoms with Crippen molar-refractivity contribution < 1.29 is 9.53 Å². The number of piperazine rings is 1. The van der Waals surface area contributed by atoms with Crippen LogP contribution in [0.2, 0.25) is 0 Å². The standard InChI is InChI=1S/C30H35N7O2/c1-34-9-11-37(12-10-34)29-19-24(7-8-31-29)30(38)33-26-6-5-22-3-4-23(17-25(22)18-26)27-20-32-35(2)28(27)21-36-13-15-39-16-14-36/h3-8,17-20H,9-16,21H2,1-2H3,(H,33,38). The van der Waals surface area contributed by atoms with Gasteiger partial charge in [0.1, 0.15) is 5.82 Å². The van der Waals surface area contributed by atoms with E-state index >= 15 is 0 Å². The summed E-state index contributed by atoms with van der Waals surface area (Å²) in [5.74, 6) is 0.714. The maximum absolute atomic E-state index is 13.2. The predicted molar refractivity (Wildman–Crippen MR) is 154 cm³/mol. The molecule has 0 radical (unpaired) electrons. The number of amides is 1. The van der Waals surface area contributed by atoms with E-state index in [1.54, 1.807) is 12.3 Å².